The molecule has 1 N–H and O–H groups in total. The average Bonchev–Trinajstić information content (AvgIpc) is 2.28. The van der Waals surface area contributed by atoms with Gasteiger partial charge in [0.25, 0.3) is 0 Å². The number of anilines is 1. The van der Waals surface area contributed by atoms with Gasteiger partial charge in [0.2, 0.25) is 0 Å². The maximum absolute atomic E-state index is 13.0. The zero-order chi connectivity index (χ0) is 11.5. The summed E-state index contributed by atoms with van der Waals surface area (Å²) in [5.41, 5.74) is 1.74. The van der Waals surface area contributed by atoms with E-state index in [0.29, 0.717) is 19.6 Å². The first-order valence-electron chi connectivity index (χ1n) is 5.39. The Morgan fingerprint density at radius 1 is 1.62 bits per heavy atom. The number of ether oxygens (including phenoxy) is 1. The molecule has 1 aliphatic rings. The fourth-order valence-electron chi connectivity index (χ4n) is 1.90. The van der Waals surface area contributed by atoms with Gasteiger partial charge in [0.15, 0.2) is 0 Å². The number of fused-ring (bicyclic) bond motifs is 1. The van der Waals surface area contributed by atoms with E-state index in [0.717, 1.165) is 11.3 Å². The lowest BCUT2D eigenvalue weighted by Crippen LogP contribution is -2.31. The highest BCUT2D eigenvalue weighted by Crippen LogP contribution is 2.25. The molecule has 0 spiro atoms. The predicted molar refractivity (Wildman–Crippen MR) is 58.7 cm³/mol. The van der Waals surface area contributed by atoms with Crippen LogP contribution in [0.2, 0.25) is 0 Å². The van der Waals surface area contributed by atoms with Crippen LogP contribution < -0.4 is 5.32 Å². The topological polar surface area (TPSA) is 38.3 Å². The number of rotatable bonds is 2. The average molecular weight is 223 g/mol. The molecular weight excluding hydrogens is 209 g/mol. The Hall–Kier alpha value is -1.58. The predicted octanol–water partition coefficient (Wildman–Crippen LogP) is 1.97. The molecule has 0 aromatic heterocycles. The largest absolute Gasteiger partial charge is 0.466 e. The SMILES string of the molecule is CCOC(=O)C1CNc2ccc(F)cc2C1. The van der Waals surface area contributed by atoms with E-state index in [9.17, 15) is 9.18 Å². The van der Waals surface area contributed by atoms with Crippen LogP contribution in [0.3, 0.4) is 0 Å². The third-order valence-corrected chi connectivity index (χ3v) is 2.69. The zero-order valence-corrected chi connectivity index (χ0v) is 9.13. The van der Waals surface area contributed by atoms with Crippen molar-refractivity contribution in [2.75, 3.05) is 18.5 Å². The molecule has 0 aliphatic carbocycles. The van der Waals surface area contributed by atoms with Crippen LogP contribution in [0.1, 0.15) is 12.5 Å². The Kier molecular flexibility index (Phi) is 3.08. The van der Waals surface area contributed by atoms with Gasteiger partial charge in [-0.3, -0.25) is 4.79 Å². The summed E-state index contributed by atoms with van der Waals surface area (Å²) in [6, 6.07) is 4.58. The summed E-state index contributed by atoms with van der Waals surface area (Å²) in [6.45, 7) is 2.71. The van der Waals surface area contributed by atoms with Crippen molar-refractivity contribution in [1.82, 2.24) is 0 Å². The van der Waals surface area contributed by atoms with Gasteiger partial charge in [0, 0.05) is 12.2 Å². The Morgan fingerprint density at radius 3 is 3.19 bits per heavy atom. The summed E-state index contributed by atoms with van der Waals surface area (Å²) in [6.07, 6.45) is 0.541. The quantitative estimate of drug-likeness (QED) is 0.779. The van der Waals surface area contributed by atoms with E-state index in [-0.39, 0.29) is 17.7 Å². The number of carbonyl (C=O) groups excluding carboxylic acids is 1. The van der Waals surface area contributed by atoms with E-state index >= 15 is 0 Å². The second kappa shape index (κ2) is 4.51. The highest BCUT2D eigenvalue weighted by Gasteiger charge is 2.25. The number of esters is 1. The molecule has 0 amide bonds. The standard InChI is InChI=1S/C12H14FNO2/c1-2-16-12(15)9-5-8-6-10(13)3-4-11(8)14-7-9/h3-4,6,9,14H,2,5,7H2,1H3. The van der Waals surface area contributed by atoms with Gasteiger partial charge in [-0.25, -0.2) is 4.39 Å². The van der Waals surface area contributed by atoms with Crippen molar-refractivity contribution in [1.29, 1.82) is 0 Å². The lowest BCUT2D eigenvalue weighted by atomic mass is 9.94. The molecule has 4 heteroatoms. The summed E-state index contributed by atoms with van der Waals surface area (Å²) in [5, 5.41) is 3.11. The van der Waals surface area contributed by atoms with E-state index < -0.39 is 0 Å². The number of nitrogens with one attached hydrogen (secondary N) is 1. The van der Waals surface area contributed by atoms with Crippen molar-refractivity contribution >= 4 is 11.7 Å². The van der Waals surface area contributed by atoms with Crippen LogP contribution in [0.25, 0.3) is 0 Å². The number of halogens is 1. The lowest BCUT2D eigenvalue weighted by molar-refractivity contribution is -0.147. The van der Waals surface area contributed by atoms with Crippen LogP contribution in [0.5, 0.6) is 0 Å². The second-order valence-electron chi connectivity index (χ2n) is 3.84. The molecule has 1 unspecified atom stereocenters. The zero-order valence-electron chi connectivity index (χ0n) is 9.13. The summed E-state index contributed by atoms with van der Waals surface area (Å²) >= 11 is 0. The smallest absolute Gasteiger partial charge is 0.311 e. The number of hydrogen-bond acceptors (Lipinski definition) is 3. The van der Waals surface area contributed by atoms with Gasteiger partial charge in [0.05, 0.1) is 12.5 Å². The third-order valence-electron chi connectivity index (χ3n) is 2.69. The molecule has 16 heavy (non-hydrogen) atoms. The lowest BCUT2D eigenvalue weighted by Gasteiger charge is -2.24. The first-order chi connectivity index (χ1) is 7.70. The van der Waals surface area contributed by atoms with Crippen molar-refractivity contribution in [3.8, 4) is 0 Å². The van der Waals surface area contributed by atoms with Gasteiger partial charge in [-0.1, -0.05) is 0 Å². The molecule has 0 saturated carbocycles. The summed E-state index contributed by atoms with van der Waals surface area (Å²) in [4.78, 5) is 11.5. The van der Waals surface area contributed by atoms with E-state index in [1.165, 1.54) is 12.1 Å². The van der Waals surface area contributed by atoms with Crippen molar-refractivity contribution in [3.63, 3.8) is 0 Å². The second-order valence-corrected chi connectivity index (χ2v) is 3.84. The number of carbonyl (C=O) groups is 1. The van der Waals surface area contributed by atoms with Crippen LogP contribution in [-0.2, 0) is 16.0 Å². The molecule has 1 aliphatic heterocycles. The fraction of sp³-hybridized carbons (Fsp3) is 0.417. The number of benzene rings is 1. The van der Waals surface area contributed by atoms with Crippen molar-refractivity contribution in [3.05, 3.63) is 29.6 Å². The van der Waals surface area contributed by atoms with Crippen LogP contribution in [0, 0.1) is 11.7 Å². The van der Waals surface area contributed by atoms with Gasteiger partial charge < -0.3 is 10.1 Å². The Morgan fingerprint density at radius 2 is 2.44 bits per heavy atom. The molecule has 86 valence electrons. The van der Waals surface area contributed by atoms with Crippen LogP contribution >= 0.6 is 0 Å². The van der Waals surface area contributed by atoms with Gasteiger partial charge in [-0.2, -0.15) is 0 Å². The maximum atomic E-state index is 13.0. The molecule has 3 nitrogen and oxygen atoms in total. The van der Waals surface area contributed by atoms with Crippen molar-refractivity contribution < 1.29 is 13.9 Å². The van der Waals surface area contributed by atoms with E-state index in [1.54, 1.807) is 13.0 Å². The molecule has 0 fully saturated rings. The minimum atomic E-state index is -0.273. The van der Waals surface area contributed by atoms with Gasteiger partial charge in [-0.05, 0) is 37.1 Å². The first kappa shape index (κ1) is 10.9. The first-order valence-corrected chi connectivity index (χ1v) is 5.39. The highest BCUT2D eigenvalue weighted by atomic mass is 19.1. The van der Waals surface area contributed by atoms with Crippen LogP contribution in [-0.4, -0.2) is 19.1 Å². The molecule has 2 rings (SSSR count). The van der Waals surface area contributed by atoms with E-state index in [2.05, 4.69) is 5.32 Å². The number of hydrogen-bond donors (Lipinski definition) is 1. The molecule has 1 aromatic carbocycles. The molecule has 1 aromatic rings. The highest BCUT2D eigenvalue weighted by molar-refractivity contribution is 5.75. The summed E-state index contributed by atoms with van der Waals surface area (Å²) in [7, 11) is 0. The van der Waals surface area contributed by atoms with Gasteiger partial charge >= 0.3 is 5.97 Å². The van der Waals surface area contributed by atoms with E-state index in [1.807, 2.05) is 0 Å². The monoisotopic (exact) mass is 223 g/mol. The third kappa shape index (κ3) is 2.15. The van der Waals surface area contributed by atoms with Gasteiger partial charge in [-0.15, -0.1) is 0 Å². The van der Waals surface area contributed by atoms with Crippen LogP contribution in [0.15, 0.2) is 18.2 Å². The molecule has 0 saturated heterocycles. The Bertz CT molecular complexity index is 406. The van der Waals surface area contributed by atoms with Crippen molar-refractivity contribution in [2.45, 2.75) is 13.3 Å². The van der Waals surface area contributed by atoms with Crippen LogP contribution in [0.4, 0.5) is 10.1 Å². The molecule has 1 heterocycles. The molecular formula is C12H14FNO2. The van der Waals surface area contributed by atoms with Gasteiger partial charge in [0.1, 0.15) is 5.82 Å². The summed E-state index contributed by atoms with van der Waals surface area (Å²) < 4.78 is 18.0. The minimum Gasteiger partial charge on any atom is -0.466 e. The Labute approximate surface area is 93.6 Å². The van der Waals surface area contributed by atoms with E-state index in [4.69, 9.17) is 4.74 Å². The van der Waals surface area contributed by atoms with Crippen molar-refractivity contribution in [2.24, 2.45) is 5.92 Å². The normalized spacial score (nSPS) is 18.5. The summed E-state index contributed by atoms with van der Waals surface area (Å²) in [5.74, 6) is -0.704. The Balaban J connectivity index is 2.13. The molecule has 0 radical (unpaired) electrons. The molecule has 1 atom stereocenters. The fourth-order valence-corrected chi connectivity index (χ4v) is 1.90. The maximum Gasteiger partial charge on any atom is 0.311 e. The molecule has 0 bridgehead atoms. The minimum absolute atomic E-state index is 0.214.